The van der Waals surface area contributed by atoms with Gasteiger partial charge in [-0.1, -0.05) is 54.6 Å². The summed E-state index contributed by atoms with van der Waals surface area (Å²) in [5.41, 5.74) is 2.10. The van der Waals surface area contributed by atoms with Gasteiger partial charge < -0.3 is 10.0 Å². The zero-order valence-corrected chi connectivity index (χ0v) is 20.2. The fourth-order valence-electron chi connectivity index (χ4n) is 5.17. The molecule has 0 bridgehead atoms. The molecule has 2 atom stereocenters. The quantitative estimate of drug-likeness (QED) is 0.477. The van der Waals surface area contributed by atoms with E-state index in [0.29, 0.717) is 11.8 Å². The van der Waals surface area contributed by atoms with Crippen LogP contribution >= 0.6 is 11.3 Å². The molecule has 6 heteroatoms. The second-order valence-corrected chi connectivity index (χ2v) is 10.0. The van der Waals surface area contributed by atoms with Crippen molar-refractivity contribution in [3.63, 3.8) is 0 Å². The molecule has 2 aromatic carbocycles. The van der Waals surface area contributed by atoms with Crippen LogP contribution in [0, 0.1) is 11.7 Å². The highest BCUT2D eigenvalue weighted by Gasteiger charge is 2.34. The van der Waals surface area contributed by atoms with E-state index < -0.39 is 12.0 Å². The van der Waals surface area contributed by atoms with E-state index in [1.54, 1.807) is 23.5 Å². The van der Waals surface area contributed by atoms with E-state index in [1.165, 1.54) is 5.56 Å². The Balaban J connectivity index is 0.000000486. The second-order valence-electron chi connectivity index (χ2n) is 9.22. The standard InChI is InChI=1S/C24H29FN2O2.C4H4S/c25-22-8-6-19(7-9-22)20-11-13-26(14-12-20)16-18-10-15-27(17-18)23(24(28)29)21-4-2-1-3-5-21;1-2-4-5-3-1/h1-9,18,20,23H,10-17H2,(H,28,29);1-4H/t18-,23?;/m1./s1. The van der Waals surface area contributed by atoms with Gasteiger partial charge in [-0.25, -0.2) is 4.39 Å². The number of piperidine rings is 1. The topological polar surface area (TPSA) is 43.8 Å². The molecule has 5 rings (SSSR count). The summed E-state index contributed by atoms with van der Waals surface area (Å²) in [5, 5.41) is 13.9. The van der Waals surface area contributed by atoms with Gasteiger partial charge in [-0.2, -0.15) is 11.3 Å². The predicted octanol–water partition coefficient (Wildman–Crippen LogP) is 5.90. The van der Waals surface area contributed by atoms with E-state index in [1.807, 2.05) is 65.4 Å². The van der Waals surface area contributed by atoms with Crippen molar-refractivity contribution in [2.45, 2.75) is 31.2 Å². The van der Waals surface area contributed by atoms with Crippen molar-refractivity contribution in [1.82, 2.24) is 9.80 Å². The van der Waals surface area contributed by atoms with Crippen molar-refractivity contribution in [3.8, 4) is 0 Å². The van der Waals surface area contributed by atoms with E-state index in [4.69, 9.17) is 0 Å². The first-order valence-corrected chi connectivity index (χ1v) is 13.0. The molecule has 2 aliphatic rings. The van der Waals surface area contributed by atoms with Crippen LogP contribution in [0.3, 0.4) is 0 Å². The first-order chi connectivity index (χ1) is 16.6. The Morgan fingerprint density at radius 3 is 2.21 bits per heavy atom. The minimum Gasteiger partial charge on any atom is -0.480 e. The van der Waals surface area contributed by atoms with Gasteiger partial charge in [-0.15, -0.1) is 0 Å². The molecular weight excluding hydrogens is 447 g/mol. The fourth-order valence-corrected chi connectivity index (χ4v) is 5.62. The van der Waals surface area contributed by atoms with Crippen LogP contribution in [0.2, 0.25) is 0 Å². The van der Waals surface area contributed by atoms with Gasteiger partial charge in [0.05, 0.1) is 0 Å². The lowest BCUT2D eigenvalue weighted by atomic mass is 9.89. The predicted molar refractivity (Wildman–Crippen MR) is 136 cm³/mol. The first kappa shape index (κ1) is 24.6. The molecule has 0 spiro atoms. The van der Waals surface area contributed by atoms with Crippen molar-refractivity contribution >= 4 is 17.3 Å². The minimum atomic E-state index is -0.767. The number of aliphatic carboxylic acids is 1. The van der Waals surface area contributed by atoms with Crippen LogP contribution in [0.5, 0.6) is 0 Å². The number of nitrogens with zero attached hydrogens (tertiary/aromatic N) is 2. The summed E-state index contributed by atoms with van der Waals surface area (Å²) >= 11 is 1.71. The molecule has 0 saturated carbocycles. The van der Waals surface area contributed by atoms with Gasteiger partial charge in [0.2, 0.25) is 0 Å². The molecule has 2 aliphatic heterocycles. The summed E-state index contributed by atoms with van der Waals surface area (Å²) in [7, 11) is 0. The summed E-state index contributed by atoms with van der Waals surface area (Å²) in [6, 6.07) is 20.0. The van der Waals surface area contributed by atoms with Crippen LogP contribution in [0.4, 0.5) is 4.39 Å². The minimum absolute atomic E-state index is 0.174. The molecule has 3 heterocycles. The first-order valence-electron chi connectivity index (χ1n) is 12.1. The Labute approximate surface area is 205 Å². The van der Waals surface area contributed by atoms with Crippen LogP contribution in [0.15, 0.2) is 77.5 Å². The molecule has 0 aliphatic carbocycles. The zero-order chi connectivity index (χ0) is 23.8. The van der Waals surface area contributed by atoms with E-state index in [2.05, 4.69) is 9.80 Å². The van der Waals surface area contributed by atoms with Crippen LogP contribution in [-0.2, 0) is 4.79 Å². The van der Waals surface area contributed by atoms with Gasteiger partial charge >= 0.3 is 5.97 Å². The Morgan fingerprint density at radius 1 is 0.941 bits per heavy atom. The number of carboxylic acids is 1. The third-order valence-electron chi connectivity index (χ3n) is 6.90. The highest BCUT2D eigenvalue weighted by atomic mass is 32.1. The number of carbonyl (C=O) groups is 1. The van der Waals surface area contributed by atoms with Gasteiger partial charge in [0.25, 0.3) is 0 Å². The van der Waals surface area contributed by atoms with Crippen molar-refractivity contribution in [2.75, 3.05) is 32.7 Å². The monoisotopic (exact) mass is 480 g/mol. The molecule has 0 radical (unpaired) electrons. The van der Waals surface area contributed by atoms with E-state index in [-0.39, 0.29) is 5.82 Å². The average molecular weight is 481 g/mol. The molecule has 2 saturated heterocycles. The maximum absolute atomic E-state index is 13.1. The van der Waals surface area contributed by atoms with Crippen LogP contribution in [0.1, 0.15) is 42.3 Å². The number of benzene rings is 2. The molecule has 1 aromatic heterocycles. The number of likely N-dealkylation sites (tertiary alicyclic amines) is 2. The number of hydrogen-bond donors (Lipinski definition) is 1. The number of carboxylic acid groups (broad SMARTS) is 1. The largest absolute Gasteiger partial charge is 0.480 e. The number of rotatable bonds is 6. The van der Waals surface area contributed by atoms with Crippen molar-refractivity contribution in [2.24, 2.45) is 5.92 Å². The molecule has 1 unspecified atom stereocenters. The highest BCUT2D eigenvalue weighted by molar-refractivity contribution is 7.07. The molecular formula is C28H33FN2O2S. The van der Waals surface area contributed by atoms with Crippen LogP contribution < -0.4 is 0 Å². The van der Waals surface area contributed by atoms with E-state index >= 15 is 0 Å². The lowest BCUT2D eigenvalue weighted by Gasteiger charge is -2.34. The Kier molecular flexibility index (Phi) is 8.85. The summed E-state index contributed by atoms with van der Waals surface area (Å²) in [6.07, 6.45) is 3.25. The van der Waals surface area contributed by atoms with Gasteiger partial charge in [-0.3, -0.25) is 9.69 Å². The van der Waals surface area contributed by atoms with Gasteiger partial charge in [-0.05, 0) is 84.8 Å². The fraction of sp³-hybridized carbons (Fsp3) is 0.393. The lowest BCUT2D eigenvalue weighted by molar-refractivity contribution is -0.143. The Morgan fingerprint density at radius 2 is 1.62 bits per heavy atom. The summed E-state index contributed by atoms with van der Waals surface area (Å²) in [6.45, 7) is 4.82. The van der Waals surface area contributed by atoms with Crippen molar-refractivity contribution in [3.05, 3.63) is 94.4 Å². The lowest BCUT2D eigenvalue weighted by Crippen LogP contribution is -2.38. The SMILES string of the molecule is O=C(O)C(c1ccccc1)N1CC[C@H](CN2CCC(c3ccc(F)cc3)CC2)C1.c1ccsc1. The molecule has 4 nitrogen and oxygen atoms in total. The molecule has 34 heavy (non-hydrogen) atoms. The van der Waals surface area contributed by atoms with Crippen LogP contribution in [0.25, 0.3) is 0 Å². The third-order valence-corrected chi connectivity index (χ3v) is 7.53. The van der Waals surface area contributed by atoms with Gasteiger partial charge in [0.15, 0.2) is 0 Å². The maximum atomic E-state index is 13.1. The normalized spacial score (nSPS) is 20.4. The zero-order valence-electron chi connectivity index (χ0n) is 19.4. The Hall–Kier alpha value is -2.54. The third kappa shape index (κ3) is 6.75. The molecule has 3 aromatic rings. The van der Waals surface area contributed by atoms with Crippen molar-refractivity contribution in [1.29, 1.82) is 0 Å². The average Bonchev–Trinajstić information content (AvgIpc) is 3.57. The number of hydrogen-bond acceptors (Lipinski definition) is 4. The molecule has 0 amide bonds. The summed E-state index contributed by atoms with van der Waals surface area (Å²) < 4.78 is 13.1. The Bertz CT molecular complexity index is 972. The smallest absolute Gasteiger partial charge is 0.325 e. The van der Waals surface area contributed by atoms with Gasteiger partial charge in [0, 0.05) is 13.1 Å². The maximum Gasteiger partial charge on any atom is 0.325 e. The summed E-state index contributed by atoms with van der Waals surface area (Å²) in [4.78, 5) is 16.5. The van der Waals surface area contributed by atoms with E-state index in [0.717, 1.165) is 57.5 Å². The highest BCUT2D eigenvalue weighted by Crippen LogP contribution is 2.31. The van der Waals surface area contributed by atoms with Gasteiger partial charge in [0.1, 0.15) is 11.9 Å². The summed E-state index contributed by atoms with van der Waals surface area (Å²) in [5.74, 6) is 0.0911. The molecule has 1 N–H and O–H groups in total. The number of thiophene rings is 1. The molecule has 2 fully saturated rings. The number of halogens is 1. The molecule has 180 valence electrons. The second kappa shape index (κ2) is 12.2. The van der Waals surface area contributed by atoms with E-state index in [9.17, 15) is 14.3 Å². The van der Waals surface area contributed by atoms with Crippen molar-refractivity contribution < 1.29 is 14.3 Å². The van der Waals surface area contributed by atoms with Crippen LogP contribution in [-0.4, -0.2) is 53.6 Å².